The van der Waals surface area contributed by atoms with Gasteiger partial charge in [-0.1, -0.05) is 38.8 Å². The van der Waals surface area contributed by atoms with Gasteiger partial charge in [-0.3, -0.25) is 0 Å². The molecule has 2 atom stereocenters. The van der Waals surface area contributed by atoms with Crippen molar-refractivity contribution in [2.45, 2.75) is 47.0 Å². The average Bonchev–Trinajstić information content (AvgIpc) is 2.68. The lowest BCUT2D eigenvalue weighted by atomic mass is 9.95. The number of rotatable bonds is 3. The minimum absolute atomic E-state index is 0.833. The topological polar surface area (TPSA) is 0 Å². The molecule has 0 aromatic rings. The largest absolute Gasteiger partial charge is 0.0682 e. The Morgan fingerprint density at radius 1 is 1.55 bits per heavy atom. The van der Waals surface area contributed by atoms with E-state index < -0.39 is 0 Å². The molecule has 1 rings (SSSR count). The Labute approximate surface area is 70.7 Å². The van der Waals surface area contributed by atoms with Crippen LogP contribution in [-0.4, -0.2) is 0 Å². The minimum Gasteiger partial charge on any atom is -0.0682 e. The highest BCUT2D eigenvalue weighted by molar-refractivity contribution is 5.30. The third-order valence-corrected chi connectivity index (χ3v) is 2.96. The van der Waals surface area contributed by atoms with Gasteiger partial charge in [0.25, 0.3) is 0 Å². The first-order valence-electron chi connectivity index (χ1n) is 4.92. The Bertz CT molecular complexity index is 165. The van der Waals surface area contributed by atoms with Crippen molar-refractivity contribution < 1.29 is 0 Å². The van der Waals surface area contributed by atoms with Crippen LogP contribution in [0, 0.1) is 11.8 Å². The molecular formula is C11H20. The lowest BCUT2D eigenvalue weighted by molar-refractivity contribution is 0.629. The molecule has 0 aromatic carbocycles. The van der Waals surface area contributed by atoms with Crippen molar-refractivity contribution in [3.63, 3.8) is 0 Å². The van der Waals surface area contributed by atoms with Crippen LogP contribution >= 0.6 is 0 Å². The van der Waals surface area contributed by atoms with Gasteiger partial charge in [-0.15, -0.1) is 0 Å². The molecule has 1 aliphatic rings. The van der Waals surface area contributed by atoms with E-state index in [1.165, 1.54) is 19.3 Å². The van der Waals surface area contributed by atoms with E-state index in [9.17, 15) is 0 Å². The molecule has 0 N–H and O–H groups in total. The van der Waals surface area contributed by atoms with Crippen molar-refractivity contribution in [1.82, 2.24) is 0 Å². The number of allylic oxidation sites excluding steroid dienone is 2. The highest BCUT2D eigenvalue weighted by Crippen LogP contribution is 2.43. The van der Waals surface area contributed by atoms with Crippen molar-refractivity contribution in [1.29, 1.82) is 0 Å². The summed E-state index contributed by atoms with van der Waals surface area (Å²) in [6.45, 7) is 9.28. The third-order valence-electron chi connectivity index (χ3n) is 2.96. The van der Waals surface area contributed by atoms with Crippen molar-refractivity contribution >= 4 is 0 Å². The van der Waals surface area contributed by atoms with Gasteiger partial charge in [0.2, 0.25) is 0 Å². The highest BCUT2D eigenvalue weighted by Gasteiger charge is 2.28. The van der Waals surface area contributed by atoms with Crippen LogP contribution in [0.25, 0.3) is 0 Å². The maximum absolute atomic E-state index is 2.36. The highest BCUT2D eigenvalue weighted by atomic mass is 14.3. The molecule has 0 aliphatic heterocycles. The zero-order valence-corrected chi connectivity index (χ0v) is 8.28. The Hall–Kier alpha value is -0.260. The monoisotopic (exact) mass is 152 g/mol. The summed E-state index contributed by atoms with van der Waals surface area (Å²) in [7, 11) is 0. The van der Waals surface area contributed by atoms with E-state index >= 15 is 0 Å². The SMILES string of the molecule is CCC(=C1CC1C)C(C)CC. The fourth-order valence-corrected chi connectivity index (χ4v) is 1.86. The van der Waals surface area contributed by atoms with Crippen LogP contribution in [0.4, 0.5) is 0 Å². The molecule has 1 fully saturated rings. The van der Waals surface area contributed by atoms with Crippen molar-refractivity contribution in [2.24, 2.45) is 11.8 Å². The molecule has 0 heterocycles. The summed E-state index contributed by atoms with van der Waals surface area (Å²) in [5.74, 6) is 1.75. The number of hydrogen-bond donors (Lipinski definition) is 0. The molecule has 0 nitrogen and oxygen atoms in total. The van der Waals surface area contributed by atoms with Crippen molar-refractivity contribution in [3.8, 4) is 0 Å². The Kier molecular flexibility index (Phi) is 2.75. The lowest BCUT2D eigenvalue weighted by Crippen LogP contribution is -1.96. The smallest absolute Gasteiger partial charge is 0.0191 e. The Morgan fingerprint density at radius 2 is 2.09 bits per heavy atom. The van der Waals surface area contributed by atoms with E-state index in [0.29, 0.717) is 0 Å². The summed E-state index contributed by atoms with van der Waals surface area (Å²) in [5.41, 5.74) is 3.52. The standard InChI is InChI=1S/C11H20/c1-5-8(3)10(6-2)11-7-9(11)4/h8-9H,5-7H2,1-4H3. The molecule has 11 heavy (non-hydrogen) atoms. The van der Waals surface area contributed by atoms with Crippen LogP contribution in [0.5, 0.6) is 0 Å². The summed E-state index contributed by atoms with van der Waals surface area (Å²) in [6, 6.07) is 0. The van der Waals surface area contributed by atoms with Crippen LogP contribution in [0.15, 0.2) is 11.1 Å². The summed E-state index contributed by atoms with van der Waals surface area (Å²) in [6.07, 6.45) is 3.96. The Balaban J connectivity index is 2.64. The molecule has 0 bridgehead atoms. The third kappa shape index (κ3) is 1.85. The van der Waals surface area contributed by atoms with Gasteiger partial charge in [0, 0.05) is 0 Å². The van der Waals surface area contributed by atoms with Crippen molar-refractivity contribution in [3.05, 3.63) is 11.1 Å². The Morgan fingerprint density at radius 3 is 2.36 bits per heavy atom. The molecule has 1 saturated carbocycles. The van der Waals surface area contributed by atoms with Gasteiger partial charge in [-0.25, -0.2) is 0 Å². The molecule has 0 spiro atoms. The predicted molar refractivity (Wildman–Crippen MR) is 50.6 cm³/mol. The van der Waals surface area contributed by atoms with E-state index in [2.05, 4.69) is 27.7 Å². The van der Waals surface area contributed by atoms with Crippen LogP contribution in [0.1, 0.15) is 47.0 Å². The van der Waals surface area contributed by atoms with Gasteiger partial charge in [0.1, 0.15) is 0 Å². The molecule has 0 radical (unpaired) electrons. The molecule has 64 valence electrons. The van der Waals surface area contributed by atoms with E-state index in [-0.39, 0.29) is 0 Å². The van der Waals surface area contributed by atoms with E-state index in [1.807, 2.05) is 0 Å². The maximum Gasteiger partial charge on any atom is -0.0191 e. The van der Waals surface area contributed by atoms with Crippen LogP contribution in [-0.2, 0) is 0 Å². The fourth-order valence-electron chi connectivity index (χ4n) is 1.86. The predicted octanol–water partition coefficient (Wildman–Crippen LogP) is 3.78. The zero-order valence-electron chi connectivity index (χ0n) is 8.28. The first-order valence-corrected chi connectivity index (χ1v) is 4.92. The number of hydrogen-bond acceptors (Lipinski definition) is 0. The normalized spacial score (nSPS) is 30.0. The van der Waals surface area contributed by atoms with Gasteiger partial charge < -0.3 is 0 Å². The summed E-state index contributed by atoms with van der Waals surface area (Å²) < 4.78 is 0. The van der Waals surface area contributed by atoms with Crippen LogP contribution < -0.4 is 0 Å². The zero-order chi connectivity index (χ0) is 8.43. The molecule has 0 amide bonds. The van der Waals surface area contributed by atoms with Crippen LogP contribution in [0.3, 0.4) is 0 Å². The maximum atomic E-state index is 2.36. The first-order chi connectivity index (χ1) is 5.20. The lowest BCUT2D eigenvalue weighted by Gasteiger charge is -2.11. The van der Waals surface area contributed by atoms with Crippen molar-refractivity contribution in [2.75, 3.05) is 0 Å². The van der Waals surface area contributed by atoms with Gasteiger partial charge in [-0.2, -0.15) is 0 Å². The second-order valence-electron chi connectivity index (χ2n) is 3.82. The van der Waals surface area contributed by atoms with E-state index in [0.717, 1.165) is 11.8 Å². The van der Waals surface area contributed by atoms with Gasteiger partial charge in [0.05, 0.1) is 0 Å². The van der Waals surface area contributed by atoms with E-state index in [4.69, 9.17) is 0 Å². The second-order valence-corrected chi connectivity index (χ2v) is 3.82. The summed E-state index contributed by atoms with van der Waals surface area (Å²) >= 11 is 0. The van der Waals surface area contributed by atoms with Gasteiger partial charge in [0.15, 0.2) is 0 Å². The first kappa shape index (κ1) is 8.83. The summed E-state index contributed by atoms with van der Waals surface area (Å²) in [4.78, 5) is 0. The van der Waals surface area contributed by atoms with Crippen LogP contribution in [0.2, 0.25) is 0 Å². The molecule has 0 aromatic heterocycles. The quantitative estimate of drug-likeness (QED) is 0.540. The molecule has 2 unspecified atom stereocenters. The molecule has 1 aliphatic carbocycles. The van der Waals surface area contributed by atoms with Gasteiger partial charge >= 0.3 is 0 Å². The molecular weight excluding hydrogens is 132 g/mol. The second kappa shape index (κ2) is 3.42. The average molecular weight is 152 g/mol. The fraction of sp³-hybridized carbons (Fsp3) is 0.818. The minimum atomic E-state index is 0.833. The molecule has 0 heteroatoms. The molecule has 0 saturated heterocycles. The summed E-state index contributed by atoms with van der Waals surface area (Å²) in [5, 5.41) is 0. The van der Waals surface area contributed by atoms with E-state index in [1.54, 1.807) is 11.1 Å². The van der Waals surface area contributed by atoms with Gasteiger partial charge in [-0.05, 0) is 31.1 Å².